The Kier molecular flexibility index (Phi) is 9.96. The second-order valence-corrected chi connectivity index (χ2v) is 10.6. The average molecular weight is 534 g/mol. The van der Waals surface area contributed by atoms with Crippen LogP contribution in [0.2, 0.25) is 0 Å². The molecule has 0 aliphatic heterocycles. The predicted octanol–water partition coefficient (Wildman–Crippen LogP) is 6.08. The number of benzene rings is 2. The molecule has 0 bridgehead atoms. The van der Waals surface area contributed by atoms with Gasteiger partial charge in [-0.05, 0) is 76.8 Å². The number of hydrogen-bond donors (Lipinski definition) is 1. The zero-order chi connectivity index (χ0) is 27.7. The summed E-state index contributed by atoms with van der Waals surface area (Å²) in [5, 5.41) is 5.08. The molecule has 1 N–H and O–H groups in total. The van der Waals surface area contributed by atoms with Crippen molar-refractivity contribution in [3.63, 3.8) is 0 Å². The van der Waals surface area contributed by atoms with E-state index in [9.17, 15) is 9.59 Å². The molecule has 2 aromatic carbocycles. The third-order valence-corrected chi connectivity index (χ3v) is 5.96. The van der Waals surface area contributed by atoms with Crippen LogP contribution in [-0.4, -0.2) is 27.6 Å². The summed E-state index contributed by atoms with van der Waals surface area (Å²) in [5.74, 6) is 0.718. The molecule has 38 heavy (non-hydrogen) atoms. The lowest BCUT2D eigenvalue weighted by atomic mass is 10.2. The Morgan fingerprint density at radius 3 is 2.50 bits per heavy atom. The van der Waals surface area contributed by atoms with E-state index in [0.29, 0.717) is 22.5 Å². The summed E-state index contributed by atoms with van der Waals surface area (Å²) in [7, 11) is 0. The summed E-state index contributed by atoms with van der Waals surface area (Å²) in [6.07, 6.45) is 6.84. The number of carbonyl (C=O) groups is 1. The first-order chi connectivity index (χ1) is 18.1. The molecular formula is C30H35N3O4S. The molecule has 1 aromatic heterocycles. The maximum absolute atomic E-state index is 13.9. The van der Waals surface area contributed by atoms with Crippen LogP contribution in [-0.2, 0) is 4.74 Å². The Bertz CT molecular complexity index is 1470. The molecule has 0 unspecified atom stereocenters. The normalized spacial score (nSPS) is 12.9. The van der Waals surface area contributed by atoms with Crippen molar-refractivity contribution in [1.82, 2.24) is 4.57 Å². The molecule has 0 aliphatic rings. The fraction of sp³-hybridized carbons (Fsp3) is 0.300. The van der Waals surface area contributed by atoms with Crippen molar-refractivity contribution < 1.29 is 14.3 Å². The Morgan fingerprint density at radius 1 is 1.11 bits per heavy atom. The number of thioether (sulfide) groups is 1. The minimum Gasteiger partial charge on any atom is -0.452 e. The molecule has 0 aliphatic carbocycles. The monoisotopic (exact) mass is 533 g/mol. The molecular weight excluding hydrogens is 498 g/mol. The van der Waals surface area contributed by atoms with E-state index in [2.05, 4.69) is 17.2 Å². The van der Waals surface area contributed by atoms with E-state index in [1.165, 1.54) is 0 Å². The number of rotatable bonds is 7. The number of unbranched alkanes of at least 4 members (excludes halogenated alkanes) is 1. The maximum Gasteiger partial charge on any atom is 0.412 e. The Hall–Kier alpha value is -3.78. The molecule has 200 valence electrons. The lowest BCUT2D eigenvalue weighted by Crippen LogP contribution is -2.42. The van der Waals surface area contributed by atoms with Gasteiger partial charge in [-0.25, -0.2) is 4.79 Å². The quantitative estimate of drug-likeness (QED) is 0.294. The topological polar surface area (TPSA) is 81.9 Å². The summed E-state index contributed by atoms with van der Waals surface area (Å²) >= 11 is 1.55. The number of ether oxygens (including phenoxy) is 2. The van der Waals surface area contributed by atoms with Crippen molar-refractivity contribution >= 4 is 40.9 Å². The number of hydrogen-bond acceptors (Lipinski definition) is 6. The summed E-state index contributed by atoms with van der Waals surface area (Å²) < 4.78 is 13.0. The fourth-order valence-electron chi connectivity index (χ4n) is 3.52. The van der Waals surface area contributed by atoms with Gasteiger partial charge in [0.2, 0.25) is 0 Å². The minimum absolute atomic E-state index is 0.165. The molecule has 8 heteroatoms. The Morgan fingerprint density at radius 2 is 1.84 bits per heavy atom. The van der Waals surface area contributed by atoms with Crippen molar-refractivity contribution in [2.24, 2.45) is 4.99 Å². The van der Waals surface area contributed by atoms with Gasteiger partial charge in [0, 0.05) is 17.1 Å². The third-order valence-electron chi connectivity index (χ3n) is 5.27. The van der Waals surface area contributed by atoms with Crippen molar-refractivity contribution in [1.29, 1.82) is 0 Å². The molecule has 0 spiro atoms. The SMILES string of the molecule is CCC/C=c1/c(=C\N=C(C)SC)cc(Oc2ccccc2)c(=O)n1-c1cccc(NC(=O)OC(C)(C)C)c1. The van der Waals surface area contributed by atoms with Gasteiger partial charge in [-0.15, -0.1) is 11.8 Å². The highest BCUT2D eigenvalue weighted by Crippen LogP contribution is 2.18. The molecule has 0 radical (unpaired) electrons. The highest BCUT2D eigenvalue weighted by atomic mass is 32.2. The van der Waals surface area contributed by atoms with E-state index in [0.717, 1.165) is 23.1 Å². The van der Waals surface area contributed by atoms with Crippen LogP contribution in [0.1, 0.15) is 47.5 Å². The van der Waals surface area contributed by atoms with Gasteiger partial charge in [0.05, 0.1) is 16.1 Å². The lowest BCUT2D eigenvalue weighted by Gasteiger charge is -2.20. The molecule has 7 nitrogen and oxygen atoms in total. The van der Waals surface area contributed by atoms with Gasteiger partial charge in [0.1, 0.15) is 11.4 Å². The Labute approximate surface area is 227 Å². The van der Waals surface area contributed by atoms with E-state index in [1.807, 2.05) is 43.5 Å². The average Bonchev–Trinajstić information content (AvgIpc) is 2.87. The first-order valence-electron chi connectivity index (χ1n) is 12.5. The largest absolute Gasteiger partial charge is 0.452 e. The summed E-state index contributed by atoms with van der Waals surface area (Å²) in [6.45, 7) is 9.41. The number of carbonyl (C=O) groups excluding carboxylic acids is 1. The zero-order valence-electron chi connectivity index (χ0n) is 22.8. The lowest BCUT2D eigenvalue weighted by molar-refractivity contribution is 0.0636. The zero-order valence-corrected chi connectivity index (χ0v) is 23.6. The highest BCUT2D eigenvalue weighted by molar-refractivity contribution is 8.13. The van der Waals surface area contributed by atoms with Crippen LogP contribution < -0.4 is 26.2 Å². The molecule has 0 atom stereocenters. The van der Waals surface area contributed by atoms with Crippen molar-refractivity contribution in [2.45, 2.75) is 53.1 Å². The van der Waals surface area contributed by atoms with Crippen molar-refractivity contribution in [3.8, 4) is 17.2 Å². The molecule has 3 rings (SSSR count). The molecule has 1 amide bonds. The van der Waals surface area contributed by atoms with E-state index in [1.54, 1.807) is 79.7 Å². The van der Waals surface area contributed by atoms with E-state index < -0.39 is 11.7 Å². The van der Waals surface area contributed by atoms with Gasteiger partial charge in [-0.3, -0.25) is 19.7 Å². The van der Waals surface area contributed by atoms with Crippen molar-refractivity contribution in [2.75, 3.05) is 11.6 Å². The summed E-state index contributed by atoms with van der Waals surface area (Å²) in [5.41, 5.74) is 0.115. The maximum atomic E-state index is 13.9. The number of aromatic nitrogens is 1. The number of aliphatic imine (C=N–C) groups is 1. The molecule has 0 saturated carbocycles. The number of amides is 1. The predicted molar refractivity (Wildman–Crippen MR) is 158 cm³/mol. The smallest absolute Gasteiger partial charge is 0.412 e. The van der Waals surface area contributed by atoms with E-state index in [-0.39, 0.29) is 11.3 Å². The van der Waals surface area contributed by atoms with Crippen molar-refractivity contribution in [3.05, 3.63) is 81.6 Å². The molecule has 0 fully saturated rings. The van der Waals surface area contributed by atoms with Crippen LogP contribution >= 0.6 is 11.8 Å². The molecule has 0 saturated heterocycles. The van der Waals surface area contributed by atoms with E-state index >= 15 is 0 Å². The van der Waals surface area contributed by atoms with Crippen LogP contribution in [0.15, 0.2) is 70.5 Å². The fourth-order valence-corrected chi connectivity index (χ4v) is 3.68. The second-order valence-electron chi connectivity index (χ2n) is 9.56. The summed E-state index contributed by atoms with van der Waals surface area (Å²) in [4.78, 5) is 30.8. The first kappa shape index (κ1) is 28.8. The highest BCUT2D eigenvalue weighted by Gasteiger charge is 2.17. The van der Waals surface area contributed by atoms with Crippen LogP contribution in [0.3, 0.4) is 0 Å². The number of nitrogens with one attached hydrogen (secondary N) is 1. The number of anilines is 1. The molecule has 1 heterocycles. The van der Waals surface area contributed by atoms with Gasteiger partial charge >= 0.3 is 6.09 Å². The summed E-state index contributed by atoms with van der Waals surface area (Å²) in [6, 6.07) is 18.0. The number of para-hydroxylation sites is 1. The number of nitrogens with zero attached hydrogens (tertiary/aromatic N) is 2. The van der Waals surface area contributed by atoms with Gasteiger partial charge in [0.25, 0.3) is 5.56 Å². The van der Waals surface area contributed by atoms with Crippen LogP contribution in [0.25, 0.3) is 18.0 Å². The Balaban J connectivity index is 2.25. The first-order valence-corrected chi connectivity index (χ1v) is 13.7. The van der Waals surface area contributed by atoms with Crippen LogP contribution in [0.4, 0.5) is 10.5 Å². The van der Waals surface area contributed by atoms with E-state index in [4.69, 9.17) is 9.47 Å². The minimum atomic E-state index is -0.635. The molecule has 3 aromatic rings. The van der Waals surface area contributed by atoms with Gasteiger partial charge in [0.15, 0.2) is 5.75 Å². The van der Waals surface area contributed by atoms with Gasteiger partial charge in [-0.1, -0.05) is 43.7 Å². The standard InChI is InChI=1S/C30H35N3O4S/c1-7-8-17-26-22(20-31-21(2)38-6)18-27(36-25-15-10-9-11-16-25)28(34)33(26)24-14-12-13-23(19-24)32-29(35)37-30(3,4)5/h9-20H,7-8H2,1-6H3,(H,32,35)/b22-20-,26-17-,31-21?. The van der Waals surface area contributed by atoms with Crippen LogP contribution in [0, 0.1) is 0 Å². The van der Waals surface area contributed by atoms with Gasteiger partial charge in [-0.2, -0.15) is 0 Å². The van der Waals surface area contributed by atoms with Gasteiger partial charge < -0.3 is 9.47 Å². The van der Waals surface area contributed by atoms with Crippen LogP contribution in [0.5, 0.6) is 11.5 Å². The second kappa shape index (κ2) is 13.1. The third kappa shape index (κ3) is 8.11. The number of pyridine rings is 1.